The van der Waals surface area contributed by atoms with Crippen LogP contribution in [0.5, 0.6) is 0 Å². The van der Waals surface area contributed by atoms with E-state index in [4.69, 9.17) is 10.7 Å². The van der Waals surface area contributed by atoms with Gasteiger partial charge in [-0.3, -0.25) is 0 Å². The van der Waals surface area contributed by atoms with Gasteiger partial charge in [-0.15, -0.1) is 11.3 Å². The predicted molar refractivity (Wildman–Crippen MR) is 95.5 cm³/mol. The Morgan fingerprint density at radius 3 is 2.50 bits per heavy atom. The molecule has 3 heteroatoms. The lowest BCUT2D eigenvalue weighted by Crippen LogP contribution is -2.28. The van der Waals surface area contributed by atoms with Crippen LogP contribution >= 0.6 is 11.3 Å². The van der Waals surface area contributed by atoms with Crippen molar-refractivity contribution in [1.29, 1.82) is 0 Å². The summed E-state index contributed by atoms with van der Waals surface area (Å²) in [6, 6.07) is 15.0. The Morgan fingerprint density at radius 2 is 1.82 bits per heavy atom. The molecule has 0 fully saturated rings. The Balaban J connectivity index is 2.01. The third-order valence-corrected chi connectivity index (χ3v) is 5.32. The molecule has 0 unspecified atom stereocenters. The highest BCUT2D eigenvalue weighted by atomic mass is 32.1. The molecule has 114 valence electrons. The second-order valence-electron chi connectivity index (χ2n) is 6.27. The Hall–Kier alpha value is -1.71. The first-order valence-electron chi connectivity index (χ1n) is 7.73. The molecule has 0 aliphatic carbocycles. The maximum Gasteiger partial charge on any atom is 0.0975 e. The molecule has 0 saturated heterocycles. The van der Waals surface area contributed by atoms with Crippen LogP contribution < -0.4 is 5.73 Å². The molecule has 0 spiro atoms. The van der Waals surface area contributed by atoms with E-state index in [2.05, 4.69) is 63.2 Å². The van der Waals surface area contributed by atoms with Gasteiger partial charge in [0.1, 0.15) is 0 Å². The van der Waals surface area contributed by atoms with Crippen LogP contribution in [-0.2, 0) is 18.4 Å². The number of fused-ring (bicyclic) bond motifs is 1. The molecule has 2 aromatic carbocycles. The van der Waals surface area contributed by atoms with E-state index in [-0.39, 0.29) is 5.54 Å². The Labute approximate surface area is 136 Å². The molecule has 0 aliphatic rings. The lowest BCUT2D eigenvalue weighted by molar-refractivity contribution is 0.559. The fourth-order valence-electron chi connectivity index (χ4n) is 2.83. The van der Waals surface area contributed by atoms with E-state index in [1.165, 1.54) is 21.2 Å². The van der Waals surface area contributed by atoms with E-state index in [0.29, 0.717) is 0 Å². The summed E-state index contributed by atoms with van der Waals surface area (Å²) in [5, 5.41) is 3.75. The summed E-state index contributed by atoms with van der Waals surface area (Å²) in [5.41, 5.74) is 8.46. The second-order valence-corrected chi connectivity index (χ2v) is 7.36. The standard InChI is InChI=1S/C19H22N2S/c1-4-16-18(19(2,3)20)22-17(21-16)12-14-10-7-9-13-8-5-6-11-15(13)14/h5-11H,4,12,20H2,1-3H3. The summed E-state index contributed by atoms with van der Waals surface area (Å²) < 4.78 is 0. The van der Waals surface area contributed by atoms with Crippen molar-refractivity contribution in [3.63, 3.8) is 0 Å². The van der Waals surface area contributed by atoms with Crippen LogP contribution in [0.25, 0.3) is 10.8 Å². The topological polar surface area (TPSA) is 38.9 Å². The van der Waals surface area contributed by atoms with Gasteiger partial charge >= 0.3 is 0 Å². The Morgan fingerprint density at radius 1 is 1.09 bits per heavy atom. The smallest absolute Gasteiger partial charge is 0.0975 e. The van der Waals surface area contributed by atoms with E-state index < -0.39 is 0 Å². The molecule has 1 aromatic heterocycles. The van der Waals surface area contributed by atoms with Crippen molar-refractivity contribution in [3.8, 4) is 0 Å². The van der Waals surface area contributed by atoms with Crippen molar-refractivity contribution in [1.82, 2.24) is 4.98 Å². The monoisotopic (exact) mass is 310 g/mol. The van der Waals surface area contributed by atoms with Crippen LogP contribution in [-0.4, -0.2) is 4.98 Å². The van der Waals surface area contributed by atoms with Gasteiger partial charge in [0.15, 0.2) is 0 Å². The number of aryl methyl sites for hydroxylation is 1. The van der Waals surface area contributed by atoms with Gasteiger partial charge in [0.25, 0.3) is 0 Å². The van der Waals surface area contributed by atoms with Crippen LogP contribution in [0.4, 0.5) is 0 Å². The highest BCUT2D eigenvalue weighted by molar-refractivity contribution is 7.12. The van der Waals surface area contributed by atoms with Gasteiger partial charge in [0, 0.05) is 16.8 Å². The quantitative estimate of drug-likeness (QED) is 0.762. The number of hydrogen-bond acceptors (Lipinski definition) is 3. The van der Waals surface area contributed by atoms with Crippen molar-refractivity contribution < 1.29 is 0 Å². The molecule has 3 rings (SSSR count). The zero-order valence-corrected chi connectivity index (χ0v) is 14.2. The molecule has 0 saturated carbocycles. The van der Waals surface area contributed by atoms with Gasteiger partial charge < -0.3 is 5.73 Å². The molecular formula is C19H22N2S. The van der Waals surface area contributed by atoms with Crippen LogP contribution in [0, 0.1) is 0 Å². The van der Waals surface area contributed by atoms with Crippen molar-refractivity contribution in [2.75, 3.05) is 0 Å². The van der Waals surface area contributed by atoms with Gasteiger partial charge in [-0.2, -0.15) is 0 Å². The molecule has 1 heterocycles. The molecule has 0 amide bonds. The Kier molecular flexibility index (Phi) is 4.02. The highest BCUT2D eigenvalue weighted by Crippen LogP contribution is 2.31. The summed E-state index contributed by atoms with van der Waals surface area (Å²) in [6.07, 6.45) is 1.80. The van der Waals surface area contributed by atoms with Crippen molar-refractivity contribution >= 4 is 22.1 Å². The normalized spacial score (nSPS) is 12.0. The molecular weight excluding hydrogens is 288 g/mol. The van der Waals surface area contributed by atoms with Gasteiger partial charge in [-0.1, -0.05) is 49.4 Å². The van der Waals surface area contributed by atoms with Crippen molar-refractivity contribution in [2.45, 2.75) is 39.2 Å². The van der Waals surface area contributed by atoms with Crippen LogP contribution in [0.15, 0.2) is 42.5 Å². The molecule has 0 atom stereocenters. The van der Waals surface area contributed by atoms with E-state index in [1.54, 1.807) is 11.3 Å². The molecule has 3 aromatic rings. The zero-order chi connectivity index (χ0) is 15.7. The fraction of sp³-hybridized carbons (Fsp3) is 0.316. The minimum atomic E-state index is -0.319. The maximum atomic E-state index is 6.30. The second kappa shape index (κ2) is 5.82. The number of nitrogens with two attached hydrogens (primary N) is 1. The van der Waals surface area contributed by atoms with Gasteiger partial charge in [0.2, 0.25) is 0 Å². The summed E-state index contributed by atoms with van der Waals surface area (Å²) in [5.74, 6) is 0. The molecule has 0 bridgehead atoms. The van der Waals surface area contributed by atoms with Crippen LogP contribution in [0.2, 0.25) is 0 Å². The average Bonchev–Trinajstić information content (AvgIpc) is 2.91. The third kappa shape index (κ3) is 2.92. The summed E-state index contributed by atoms with van der Waals surface area (Å²) in [7, 11) is 0. The van der Waals surface area contributed by atoms with E-state index in [9.17, 15) is 0 Å². The third-order valence-electron chi connectivity index (χ3n) is 3.88. The van der Waals surface area contributed by atoms with Crippen LogP contribution in [0.1, 0.15) is 41.9 Å². The zero-order valence-electron chi connectivity index (χ0n) is 13.4. The van der Waals surface area contributed by atoms with E-state index in [1.807, 2.05) is 0 Å². The van der Waals surface area contributed by atoms with Gasteiger partial charge in [0.05, 0.1) is 10.7 Å². The molecule has 0 aliphatic heterocycles. The largest absolute Gasteiger partial charge is 0.321 e. The van der Waals surface area contributed by atoms with Gasteiger partial charge in [-0.25, -0.2) is 4.98 Å². The SMILES string of the molecule is CCc1nc(Cc2cccc3ccccc23)sc1C(C)(C)N. The van der Waals surface area contributed by atoms with Crippen molar-refractivity contribution in [3.05, 3.63) is 63.6 Å². The number of hydrogen-bond donors (Lipinski definition) is 1. The lowest BCUT2D eigenvalue weighted by atomic mass is 10.0. The number of thiazole rings is 1. The first kappa shape index (κ1) is 15.2. The molecule has 2 nitrogen and oxygen atoms in total. The highest BCUT2D eigenvalue weighted by Gasteiger charge is 2.22. The minimum absolute atomic E-state index is 0.319. The first-order chi connectivity index (χ1) is 10.5. The Bertz CT molecular complexity index is 791. The molecule has 0 radical (unpaired) electrons. The van der Waals surface area contributed by atoms with Gasteiger partial charge in [-0.05, 0) is 36.6 Å². The molecule has 2 N–H and O–H groups in total. The lowest BCUT2D eigenvalue weighted by Gasteiger charge is -2.17. The summed E-state index contributed by atoms with van der Waals surface area (Å²) in [6.45, 7) is 6.26. The van der Waals surface area contributed by atoms with E-state index >= 15 is 0 Å². The minimum Gasteiger partial charge on any atom is -0.321 e. The number of benzene rings is 2. The number of nitrogens with zero attached hydrogens (tertiary/aromatic N) is 1. The number of rotatable bonds is 4. The predicted octanol–water partition coefficient (Wildman–Crippen LogP) is 4.64. The maximum absolute atomic E-state index is 6.30. The fourth-order valence-corrected chi connectivity index (χ4v) is 4.02. The van der Waals surface area contributed by atoms with Crippen LogP contribution in [0.3, 0.4) is 0 Å². The summed E-state index contributed by atoms with van der Waals surface area (Å²) >= 11 is 1.76. The first-order valence-corrected chi connectivity index (χ1v) is 8.55. The van der Waals surface area contributed by atoms with Crippen molar-refractivity contribution in [2.24, 2.45) is 5.73 Å². The summed E-state index contributed by atoms with van der Waals surface area (Å²) in [4.78, 5) is 6.05. The average molecular weight is 310 g/mol. The number of aromatic nitrogens is 1. The van der Waals surface area contributed by atoms with E-state index in [0.717, 1.165) is 23.5 Å². The molecule has 22 heavy (non-hydrogen) atoms.